The van der Waals surface area contributed by atoms with Crippen LogP contribution in [0.1, 0.15) is 57.0 Å². The fourth-order valence-corrected chi connectivity index (χ4v) is 7.66. The van der Waals surface area contributed by atoms with E-state index in [1.54, 1.807) is 18.3 Å². The maximum absolute atomic E-state index is 13.8. The molecule has 1 fully saturated rings. The molecule has 1 aliphatic heterocycles. The van der Waals surface area contributed by atoms with Crippen molar-refractivity contribution < 1.29 is 13.6 Å². The summed E-state index contributed by atoms with van der Waals surface area (Å²) < 4.78 is 25.5. The molecule has 0 aliphatic carbocycles. The predicted molar refractivity (Wildman–Crippen MR) is 166 cm³/mol. The molecule has 214 valence electrons. The molecule has 0 radical (unpaired) electrons. The van der Waals surface area contributed by atoms with E-state index in [4.69, 9.17) is 27.0 Å². The van der Waals surface area contributed by atoms with Gasteiger partial charge in [-0.3, -0.25) is 14.4 Å². The number of hydrogen-bond donors (Lipinski definition) is 1. The van der Waals surface area contributed by atoms with E-state index in [0.717, 1.165) is 18.1 Å². The van der Waals surface area contributed by atoms with Gasteiger partial charge in [0.15, 0.2) is 0 Å². The van der Waals surface area contributed by atoms with E-state index < -0.39 is 7.60 Å². The monoisotopic (exact) mass is 580 g/mol. The highest BCUT2D eigenvalue weighted by Crippen LogP contribution is 2.50. The van der Waals surface area contributed by atoms with Gasteiger partial charge in [-0.1, -0.05) is 72.9 Å². The summed E-state index contributed by atoms with van der Waals surface area (Å²) >= 11 is 5.89. The maximum atomic E-state index is 13.8. The van der Waals surface area contributed by atoms with E-state index in [2.05, 4.69) is 63.3 Å². The smallest absolute Gasteiger partial charge is 0.348 e. The Morgan fingerprint density at radius 2 is 1.52 bits per heavy atom. The van der Waals surface area contributed by atoms with Gasteiger partial charge in [-0.25, -0.2) is 0 Å². The second-order valence-corrected chi connectivity index (χ2v) is 13.0. The van der Waals surface area contributed by atoms with E-state index >= 15 is 0 Å². The van der Waals surface area contributed by atoms with Crippen molar-refractivity contribution in [2.45, 2.75) is 65.0 Å². The van der Waals surface area contributed by atoms with Crippen molar-refractivity contribution >= 4 is 30.1 Å². The predicted octanol–water partition coefficient (Wildman–Crippen LogP) is 5.70. The van der Waals surface area contributed by atoms with Crippen LogP contribution in [0.3, 0.4) is 0 Å². The Labute approximate surface area is 244 Å². The zero-order valence-electron chi connectivity index (χ0n) is 23.8. The van der Waals surface area contributed by atoms with Gasteiger partial charge >= 0.3 is 7.60 Å². The molecule has 0 saturated carbocycles. The average molecular weight is 581 g/mol. The molecule has 40 heavy (non-hydrogen) atoms. The highest BCUT2D eigenvalue weighted by Gasteiger charge is 2.34. The third-order valence-corrected chi connectivity index (χ3v) is 9.64. The minimum Gasteiger partial charge on any atom is -0.348 e. The van der Waals surface area contributed by atoms with Gasteiger partial charge in [-0.15, -0.1) is 0 Å². The Morgan fingerprint density at radius 1 is 0.950 bits per heavy atom. The second kappa shape index (κ2) is 13.9. The molecular formula is C31H41N4O3PS. The average Bonchev–Trinajstić information content (AvgIpc) is 2.92. The SMILES string of the molecule is CC(C)OP(=O)(OC(C)C)c1cccnc1CCC(=S)N1CCN(C(c2ccccc2)c2ccccc2)CC1N. The first-order valence-electron chi connectivity index (χ1n) is 14.0. The molecular weight excluding hydrogens is 539 g/mol. The van der Waals surface area contributed by atoms with Crippen LogP contribution in [0.5, 0.6) is 0 Å². The zero-order chi connectivity index (χ0) is 28.7. The maximum Gasteiger partial charge on any atom is 0.363 e. The molecule has 3 aromatic rings. The van der Waals surface area contributed by atoms with Crippen molar-refractivity contribution in [2.24, 2.45) is 5.73 Å². The molecule has 1 aromatic heterocycles. The lowest BCUT2D eigenvalue weighted by Crippen LogP contribution is -2.59. The van der Waals surface area contributed by atoms with E-state index in [-0.39, 0.29) is 24.4 Å². The number of nitrogens with two attached hydrogens (primary N) is 1. The summed E-state index contributed by atoms with van der Waals surface area (Å²) in [7, 11) is -3.55. The van der Waals surface area contributed by atoms with Crippen molar-refractivity contribution in [1.29, 1.82) is 0 Å². The van der Waals surface area contributed by atoms with E-state index in [1.807, 2.05) is 39.8 Å². The molecule has 1 aliphatic rings. The number of hydrogen-bond acceptors (Lipinski definition) is 7. The molecule has 0 spiro atoms. The first kappa shape index (κ1) is 30.5. The number of aromatic nitrogens is 1. The normalized spacial score (nSPS) is 16.7. The minimum atomic E-state index is -3.55. The van der Waals surface area contributed by atoms with Gasteiger partial charge in [-0.2, -0.15) is 0 Å². The summed E-state index contributed by atoms with van der Waals surface area (Å²) in [5, 5.41) is 0.503. The molecule has 1 atom stereocenters. The largest absolute Gasteiger partial charge is 0.363 e. The molecule has 2 N–H and O–H groups in total. The van der Waals surface area contributed by atoms with Gasteiger partial charge < -0.3 is 19.7 Å². The zero-order valence-corrected chi connectivity index (χ0v) is 25.6. The number of piperazine rings is 1. The molecule has 0 amide bonds. The number of pyridine rings is 1. The van der Waals surface area contributed by atoms with Crippen molar-refractivity contribution in [3.05, 3.63) is 95.8 Å². The molecule has 1 saturated heterocycles. The molecule has 1 unspecified atom stereocenters. The van der Waals surface area contributed by atoms with Crippen LogP contribution >= 0.6 is 19.8 Å². The molecule has 2 aromatic carbocycles. The molecule has 2 heterocycles. The van der Waals surface area contributed by atoms with Gasteiger partial charge in [0.05, 0.1) is 40.4 Å². The van der Waals surface area contributed by atoms with Gasteiger partial charge in [0.1, 0.15) is 0 Å². The third kappa shape index (κ3) is 7.64. The Bertz CT molecular complexity index is 1240. The van der Waals surface area contributed by atoms with Gasteiger partial charge in [-0.05, 0) is 57.4 Å². The summed E-state index contributed by atoms with van der Waals surface area (Å²) in [6.07, 6.45) is 2.03. The summed E-state index contributed by atoms with van der Waals surface area (Å²) in [6, 6.07) is 24.8. The summed E-state index contributed by atoms with van der Waals surface area (Å²) in [4.78, 5) is 9.89. The molecule has 4 rings (SSSR count). The van der Waals surface area contributed by atoms with Crippen molar-refractivity contribution in [1.82, 2.24) is 14.8 Å². The van der Waals surface area contributed by atoms with Crippen molar-refractivity contribution in [3.63, 3.8) is 0 Å². The fourth-order valence-electron chi connectivity index (χ4n) is 5.19. The second-order valence-electron chi connectivity index (χ2n) is 10.6. The summed E-state index contributed by atoms with van der Waals surface area (Å²) in [5.41, 5.74) is 9.91. The van der Waals surface area contributed by atoms with Crippen molar-refractivity contribution in [2.75, 3.05) is 19.6 Å². The summed E-state index contributed by atoms with van der Waals surface area (Å²) in [6.45, 7) is 9.65. The van der Waals surface area contributed by atoms with Crippen LogP contribution < -0.4 is 11.0 Å². The minimum absolute atomic E-state index is 0.122. The number of aryl methyl sites for hydroxylation is 1. The number of benzene rings is 2. The Balaban J connectivity index is 1.46. The van der Waals surface area contributed by atoms with Crippen LogP contribution in [-0.2, 0) is 20.0 Å². The molecule has 7 nitrogen and oxygen atoms in total. The van der Waals surface area contributed by atoms with Crippen molar-refractivity contribution in [3.8, 4) is 0 Å². The third-order valence-electron chi connectivity index (χ3n) is 6.80. The van der Waals surface area contributed by atoms with E-state index in [1.165, 1.54) is 11.1 Å². The van der Waals surface area contributed by atoms with E-state index in [9.17, 15) is 4.57 Å². The van der Waals surface area contributed by atoms with Crippen LogP contribution in [-0.4, -0.2) is 57.8 Å². The van der Waals surface area contributed by atoms with Crippen LogP contribution in [0.4, 0.5) is 0 Å². The first-order valence-corrected chi connectivity index (χ1v) is 15.9. The van der Waals surface area contributed by atoms with Gasteiger partial charge in [0, 0.05) is 32.3 Å². The van der Waals surface area contributed by atoms with E-state index in [0.29, 0.717) is 30.4 Å². The van der Waals surface area contributed by atoms with Gasteiger partial charge in [0.2, 0.25) is 0 Å². The number of rotatable bonds is 11. The molecule has 9 heteroatoms. The Morgan fingerprint density at radius 3 is 2.05 bits per heavy atom. The highest BCUT2D eigenvalue weighted by atomic mass is 32.1. The van der Waals surface area contributed by atoms with Crippen LogP contribution in [0, 0.1) is 0 Å². The van der Waals surface area contributed by atoms with Crippen LogP contribution in [0.2, 0.25) is 0 Å². The number of nitrogens with zero attached hydrogens (tertiary/aromatic N) is 3. The lowest BCUT2D eigenvalue weighted by Gasteiger charge is -2.44. The fraction of sp³-hybridized carbons (Fsp3) is 0.419. The standard InChI is InChI=1S/C31H41N4O3PS/c1-23(2)37-39(36,38-24(3)4)28-16-11-19-33-27(28)17-18-30(40)35-21-20-34(22-29(35)32)31(25-12-7-5-8-13-25)26-14-9-6-10-15-26/h5-16,19,23-24,29,31H,17-18,20-22,32H2,1-4H3. The molecule has 0 bridgehead atoms. The number of thiocarbonyl (C=S) groups is 1. The Kier molecular flexibility index (Phi) is 10.6. The van der Waals surface area contributed by atoms with Crippen LogP contribution in [0.15, 0.2) is 79.0 Å². The van der Waals surface area contributed by atoms with Gasteiger partial charge in [0.25, 0.3) is 0 Å². The highest BCUT2D eigenvalue weighted by molar-refractivity contribution is 7.80. The summed E-state index contributed by atoms with van der Waals surface area (Å²) in [5.74, 6) is 0. The topological polar surface area (TPSA) is 80.9 Å². The lowest BCUT2D eigenvalue weighted by atomic mass is 9.96. The first-order chi connectivity index (χ1) is 19.2. The lowest BCUT2D eigenvalue weighted by molar-refractivity contribution is 0.105. The Hall–Kier alpha value is -2.45. The van der Waals surface area contributed by atoms with Crippen LogP contribution in [0.25, 0.3) is 0 Å². The quantitative estimate of drug-likeness (QED) is 0.229.